The van der Waals surface area contributed by atoms with E-state index in [1.807, 2.05) is 13.0 Å². The van der Waals surface area contributed by atoms with Crippen molar-refractivity contribution in [3.05, 3.63) is 41.3 Å². The molecule has 114 valence electrons. The van der Waals surface area contributed by atoms with Gasteiger partial charge in [-0.1, -0.05) is 0 Å². The van der Waals surface area contributed by atoms with Crippen molar-refractivity contribution in [1.29, 1.82) is 5.26 Å². The molecule has 2 aromatic rings. The van der Waals surface area contributed by atoms with Crippen LogP contribution in [-0.2, 0) is 0 Å². The Morgan fingerprint density at radius 1 is 1.05 bits per heavy atom. The number of rotatable bonds is 5. The Labute approximate surface area is 129 Å². The van der Waals surface area contributed by atoms with Gasteiger partial charge in [0, 0.05) is 11.6 Å². The molecule has 2 rings (SSSR count). The van der Waals surface area contributed by atoms with E-state index in [1.165, 1.54) is 0 Å². The zero-order chi connectivity index (χ0) is 16.1. The topological polar surface area (TPSA) is 64.6 Å². The lowest BCUT2D eigenvalue weighted by Crippen LogP contribution is -1.94. The van der Waals surface area contributed by atoms with Crippen molar-refractivity contribution in [2.75, 3.05) is 21.3 Å². The minimum Gasteiger partial charge on any atom is -0.496 e. The monoisotopic (exact) mass is 299 g/mol. The molecule has 1 aromatic heterocycles. The molecular weight excluding hydrogens is 282 g/mol. The normalized spacial score (nSPS) is 11.0. The van der Waals surface area contributed by atoms with Crippen molar-refractivity contribution in [2.24, 2.45) is 0 Å². The van der Waals surface area contributed by atoms with Gasteiger partial charge >= 0.3 is 0 Å². The van der Waals surface area contributed by atoms with E-state index < -0.39 is 0 Å². The molecule has 0 aliphatic rings. The van der Waals surface area contributed by atoms with Crippen molar-refractivity contribution in [3.63, 3.8) is 0 Å². The Balaban J connectivity index is 2.55. The lowest BCUT2D eigenvalue weighted by Gasteiger charge is -2.12. The fourth-order valence-corrected chi connectivity index (χ4v) is 2.06. The average Bonchev–Trinajstić information content (AvgIpc) is 2.97. The minimum absolute atomic E-state index is 0.401. The maximum Gasteiger partial charge on any atom is 0.164 e. The molecule has 0 fully saturated rings. The van der Waals surface area contributed by atoms with Crippen LogP contribution in [0.25, 0.3) is 11.6 Å². The fraction of sp³-hybridized carbons (Fsp3) is 0.235. The molecule has 0 aliphatic heterocycles. The van der Waals surface area contributed by atoms with E-state index in [0.717, 1.165) is 5.76 Å². The van der Waals surface area contributed by atoms with Crippen molar-refractivity contribution in [3.8, 4) is 23.3 Å². The summed E-state index contributed by atoms with van der Waals surface area (Å²) >= 11 is 0. The lowest BCUT2D eigenvalue weighted by molar-refractivity contribution is 0.348. The Morgan fingerprint density at radius 3 is 2.18 bits per heavy atom. The van der Waals surface area contributed by atoms with Crippen molar-refractivity contribution in [2.45, 2.75) is 6.92 Å². The zero-order valence-electron chi connectivity index (χ0n) is 13.0. The summed E-state index contributed by atoms with van der Waals surface area (Å²) < 4.78 is 21.4. The van der Waals surface area contributed by atoms with E-state index in [-0.39, 0.29) is 0 Å². The Kier molecular flexibility index (Phi) is 4.74. The van der Waals surface area contributed by atoms with E-state index in [2.05, 4.69) is 6.07 Å². The number of hydrogen-bond donors (Lipinski definition) is 0. The van der Waals surface area contributed by atoms with Gasteiger partial charge in [0.25, 0.3) is 0 Å². The van der Waals surface area contributed by atoms with Crippen LogP contribution in [0.2, 0.25) is 0 Å². The second-order valence-electron chi connectivity index (χ2n) is 4.53. The second kappa shape index (κ2) is 6.72. The first kappa shape index (κ1) is 15.5. The summed E-state index contributed by atoms with van der Waals surface area (Å²) in [4.78, 5) is 0. The molecule has 1 heterocycles. The number of hydrogen-bond acceptors (Lipinski definition) is 5. The molecule has 0 atom stereocenters. The van der Waals surface area contributed by atoms with Gasteiger partial charge in [-0.05, 0) is 31.2 Å². The number of allylic oxidation sites excluding steroid dienone is 1. The number of nitrogens with zero attached hydrogens (tertiary/aromatic N) is 1. The smallest absolute Gasteiger partial charge is 0.164 e. The van der Waals surface area contributed by atoms with Gasteiger partial charge in [0.1, 0.15) is 23.3 Å². The van der Waals surface area contributed by atoms with Crippen molar-refractivity contribution in [1.82, 2.24) is 0 Å². The molecule has 5 nitrogen and oxygen atoms in total. The number of ether oxygens (including phenoxy) is 3. The number of benzene rings is 1. The molecule has 0 amide bonds. The summed E-state index contributed by atoms with van der Waals surface area (Å²) in [7, 11) is 4.67. The fourth-order valence-electron chi connectivity index (χ4n) is 2.06. The Hall–Kier alpha value is -2.87. The first-order valence-electron chi connectivity index (χ1n) is 6.61. The van der Waals surface area contributed by atoms with Gasteiger partial charge < -0.3 is 18.6 Å². The van der Waals surface area contributed by atoms with Crippen molar-refractivity contribution >= 4 is 11.6 Å². The highest BCUT2D eigenvalue weighted by Gasteiger charge is 2.13. The van der Waals surface area contributed by atoms with E-state index in [4.69, 9.17) is 18.6 Å². The Bertz CT molecular complexity index is 738. The third kappa shape index (κ3) is 3.07. The molecule has 0 saturated carbocycles. The van der Waals surface area contributed by atoms with Crippen LogP contribution in [-0.4, -0.2) is 21.3 Å². The van der Waals surface area contributed by atoms with E-state index in [9.17, 15) is 5.26 Å². The average molecular weight is 299 g/mol. The van der Waals surface area contributed by atoms with E-state index in [0.29, 0.717) is 34.1 Å². The van der Waals surface area contributed by atoms with Crippen LogP contribution in [0.5, 0.6) is 17.2 Å². The second-order valence-corrected chi connectivity index (χ2v) is 4.53. The molecule has 0 radical (unpaired) electrons. The summed E-state index contributed by atoms with van der Waals surface area (Å²) in [6.07, 6.45) is 1.69. The third-order valence-electron chi connectivity index (χ3n) is 3.16. The van der Waals surface area contributed by atoms with Crippen LogP contribution in [0.15, 0.2) is 28.7 Å². The third-order valence-corrected chi connectivity index (χ3v) is 3.16. The van der Waals surface area contributed by atoms with Gasteiger partial charge in [0.15, 0.2) is 11.5 Å². The highest BCUT2D eigenvalue weighted by atomic mass is 16.5. The molecule has 22 heavy (non-hydrogen) atoms. The molecule has 0 N–H and O–H groups in total. The maximum absolute atomic E-state index is 9.37. The quantitative estimate of drug-likeness (QED) is 0.788. The molecule has 0 spiro atoms. The van der Waals surface area contributed by atoms with Gasteiger partial charge in [-0.3, -0.25) is 0 Å². The molecule has 5 heteroatoms. The number of methoxy groups -OCH3 is 3. The molecular formula is C17H17NO4. The SMILES string of the molecule is COc1cc(OC)c(OC)cc1C=C(C#N)c1ccc(C)o1. The standard InChI is InChI=1S/C17H17NO4/c1-11-5-6-14(22-11)13(10-18)7-12-8-16(20-3)17(21-4)9-15(12)19-2/h5-9H,1-4H3. The van der Waals surface area contributed by atoms with E-state index >= 15 is 0 Å². The number of aryl methyl sites for hydroxylation is 1. The van der Waals surface area contributed by atoms with Gasteiger partial charge in [0.2, 0.25) is 0 Å². The summed E-state index contributed by atoms with van der Waals surface area (Å²) in [5.74, 6) is 2.95. The van der Waals surface area contributed by atoms with Crippen LogP contribution in [0.4, 0.5) is 0 Å². The zero-order valence-corrected chi connectivity index (χ0v) is 13.0. The van der Waals surface area contributed by atoms with Gasteiger partial charge in [0.05, 0.1) is 26.9 Å². The summed E-state index contributed by atoms with van der Waals surface area (Å²) in [5.41, 5.74) is 1.10. The maximum atomic E-state index is 9.37. The lowest BCUT2D eigenvalue weighted by atomic mass is 10.1. The molecule has 0 unspecified atom stereocenters. The van der Waals surface area contributed by atoms with Crippen LogP contribution in [0.3, 0.4) is 0 Å². The molecule has 1 aromatic carbocycles. The van der Waals surface area contributed by atoms with Crippen LogP contribution in [0.1, 0.15) is 17.1 Å². The predicted octanol–water partition coefficient (Wildman–Crippen LogP) is 3.68. The highest BCUT2D eigenvalue weighted by molar-refractivity contribution is 5.89. The summed E-state index contributed by atoms with van der Waals surface area (Å²) in [5, 5.41) is 9.37. The number of nitriles is 1. The van der Waals surface area contributed by atoms with Gasteiger partial charge in [-0.25, -0.2) is 0 Å². The van der Waals surface area contributed by atoms with Crippen LogP contribution in [0, 0.1) is 18.3 Å². The first-order chi connectivity index (χ1) is 10.6. The van der Waals surface area contributed by atoms with Gasteiger partial charge in [-0.15, -0.1) is 0 Å². The molecule has 0 saturated heterocycles. The van der Waals surface area contributed by atoms with Crippen LogP contribution >= 0.6 is 0 Å². The minimum atomic E-state index is 0.401. The molecule has 0 bridgehead atoms. The first-order valence-corrected chi connectivity index (χ1v) is 6.61. The van der Waals surface area contributed by atoms with Crippen molar-refractivity contribution < 1.29 is 18.6 Å². The largest absolute Gasteiger partial charge is 0.496 e. The Morgan fingerprint density at radius 2 is 1.68 bits per heavy atom. The van der Waals surface area contributed by atoms with Crippen LogP contribution < -0.4 is 14.2 Å². The van der Waals surface area contributed by atoms with Gasteiger partial charge in [-0.2, -0.15) is 5.26 Å². The number of furan rings is 1. The van der Waals surface area contributed by atoms with E-state index in [1.54, 1.807) is 45.6 Å². The summed E-state index contributed by atoms with van der Waals surface area (Å²) in [6, 6.07) is 9.18. The highest BCUT2D eigenvalue weighted by Crippen LogP contribution is 2.36. The molecule has 0 aliphatic carbocycles. The summed E-state index contributed by atoms with van der Waals surface area (Å²) in [6.45, 7) is 1.83. The predicted molar refractivity (Wildman–Crippen MR) is 83.0 cm³/mol.